The van der Waals surface area contributed by atoms with Crippen LogP contribution >= 0.6 is 23.2 Å². The lowest BCUT2D eigenvalue weighted by Gasteiger charge is -2.07. The summed E-state index contributed by atoms with van der Waals surface area (Å²) in [5.41, 5.74) is 2.27. The van der Waals surface area contributed by atoms with Gasteiger partial charge in [0.1, 0.15) is 5.82 Å². The number of rotatable bonds is 6. The number of hydrogen-bond donors (Lipinski definition) is 1. The molecule has 0 radical (unpaired) electrons. The van der Waals surface area contributed by atoms with Crippen molar-refractivity contribution in [2.24, 2.45) is 0 Å². The molecular formula is C23H17Cl2FN2O3S. The van der Waals surface area contributed by atoms with Gasteiger partial charge in [-0.2, -0.15) is 4.98 Å². The Morgan fingerprint density at radius 1 is 1.00 bits per heavy atom. The lowest BCUT2D eigenvalue weighted by atomic mass is 10.1. The first-order valence-electron chi connectivity index (χ1n) is 9.51. The molecule has 4 rings (SSSR count). The van der Waals surface area contributed by atoms with E-state index in [0.29, 0.717) is 5.56 Å². The molecule has 0 aliphatic heterocycles. The molecule has 0 saturated heterocycles. The van der Waals surface area contributed by atoms with Gasteiger partial charge in [-0.1, -0.05) is 53.5 Å². The third-order valence-electron chi connectivity index (χ3n) is 4.79. The maximum atomic E-state index is 13.4. The largest absolute Gasteiger partial charge is 0.419 e. The number of nitrogens with one attached hydrogen (secondary N) is 1. The Morgan fingerprint density at radius 3 is 2.41 bits per heavy atom. The molecule has 9 heteroatoms. The van der Waals surface area contributed by atoms with E-state index in [9.17, 15) is 12.8 Å². The van der Waals surface area contributed by atoms with Crippen LogP contribution in [0, 0.1) is 12.7 Å². The summed E-state index contributed by atoms with van der Waals surface area (Å²) >= 11 is 12.0. The number of oxazole rings is 1. The summed E-state index contributed by atoms with van der Waals surface area (Å²) in [4.78, 5) is 4.25. The van der Waals surface area contributed by atoms with E-state index >= 15 is 0 Å². The first-order valence-corrected chi connectivity index (χ1v) is 11.7. The van der Waals surface area contributed by atoms with E-state index in [2.05, 4.69) is 10.3 Å². The van der Waals surface area contributed by atoms with E-state index in [1.165, 1.54) is 30.3 Å². The van der Waals surface area contributed by atoms with E-state index in [1.54, 1.807) is 18.2 Å². The van der Waals surface area contributed by atoms with Gasteiger partial charge in [0.2, 0.25) is 26.6 Å². The van der Waals surface area contributed by atoms with Crippen LogP contribution in [0.25, 0.3) is 11.5 Å². The molecule has 164 valence electrons. The first kappa shape index (κ1) is 22.3. The zero-order chi connectivity index (χ0) is 22.9. The molecule has 3 aromatic carbocycles. The topological polar surface area (TPSA) is 72.2 Å². The third kappa shape index (κ3) is 4.50. The van der Waals surface area contributed by atoms with Crippen LogP contribution in [0.1, 0.15) is 11.1 Å². The minimum atomic E-state index is -4.09. The molecule has 0 bridgehead atoms. The van der Waals surface area contributed by atoms with Crippen molar-refractivity contribution >= 4 is 38.9 Å². The number of aromatic nitrogens is 1. The summed E-state index contributed by atoms with van der Waals surface area (Å²) in [6.07, 6.45) is 0. The van der Waals surface area contributed by atoms with Crippen LogP contribution < -0.4 is 5.32 Å². The fourth-order valence-corrected chi connectivity index (χ4v) is 4.74. The lowest BCUT2D eigenvalue weighted by Crippen LogP contribution is -2.07. The van der Waals surface area contributed by atoms with Crippen molar-refractivity contribution in [1.82, 2.24) is 4.98 Å². The Bertz CT molecular complexity index is 1390. The van der Waals surface area contributed by atoms with E-state index in [4.69, 9.17) is 27.6 Å². The van der Waals surface area contributed by atoms with Crippen molar-refractivity contribution in [1.29, 1.82) is 0 Å². The summed E-state index contributed by atoms with van der Waals surface area (Å²) in [7, 11) is -4.09. The van der Waals surface area contributed by atoms with Gasteiger partial charge < -0.3 is 9.73 Å². The normalized spacial score (nSPS) is 11.5. The Balaban J connectivity index is 1.79. The van der Waals surface area contributed by atoms with Crippen molar-refractivity contribution in [2.75, 3.05) is 5.32 Å². The number of anilines is 1. The Kier molecular flexibility index (Phi) is 6.24. The van der Waals surface area contributed by atoms with Crippen molar-refractivity contribution in [3.05, 3.63) is 93.7 Å². The van der Waals surface area contributed by atoms with Gasteiger partial charge in [0.25, 0.3) is 0 Å². The molecule has 32 heavy (non-hydrogen) atoms. The van der Waals surface area contributed by atoms with Gasteiger partial charge in [0.15, 0.2) is 0 Å². The van der Waals surface area contributed by atoms with E-state index < -0.39 is 9.84 Å². The standard InChI is InChI=1S/C23H17Cl2FN2O3S/c1-14-4-2-3-5-18(14)21-28-23(32(29,30)17-10-11-19(24)20(25)12-17)22(31-21)27-13-15-6-8-16(26)9-7-15/h2-12,27H,13H2,1H3. The quantitative estimate of drug-likeness (QED) is 0.332. The molecule has 0 atom stereocenters. The zero-order valence-corrected chi connectivity index (χ0v) is 19.1. The van der Waals surface area contributed by atoms with Crippen molar-refractivity contribution in [3.63, 3.8) is 0 Å². The van der Waals surface area contributed by atoms with Gasteiger partial charge in [0.05, 0.1) is 14.9 Å². The summed E-state index contributed by atoms with van der Waals surface area (Å²) in [6.45, 7) is 2.07. The summed E-state index contributed by atoms with van der Waals surface area (Å²) in [6, 6.07) is 17.2. The molecule has 0 fully saturated rings. The second-order valence-electron chi connectivity index (χ2n) is 7.03. The molecule has 0 aliphatic rings. The average Bonchev–Trinajstić information content (AvgIpc) is 3.20. The van der Waals surface area contributed by atoms with Gasteiger partial charge >= 0.3 is 0 Å². The third-order valence-corrected chi connectivity index (χ3v) is 7.19. The predicted octanol–water partition coefficient (Wildman–Crippen LogP) is 6.54. The number of hydrogen-bond acceptors (Lipinski definition) is 5. The summed E-state index contributed by atoms with van der Waals surface area (Å²) in [5, 5.41) is 3.03. The van der Waals surface area contributed by atoms with Crippen LogP contribution in [0.5, 0.6) is 0 Å². The van der Waals surface area contributed by atoms with Crippen LogP contribution in [0.2, 0.25) is 10.0 Å². The highest BCUT2D eigenvalue weighted by atomic mass is 35.5. The molecule has 5 nitrogen and oxygen atoms in total. The maximum absolute atomic E-state index is 13.4. The monoisotopic (exact) mass is 490 g/mol. The van der Waals surface area contributed by atoms with Crippen LogP contribution in [0.3, 0.4) is 0 Å². The van der Waals surface area contributed by atoms with Crippen molar-refractivity contribution < 1.29 is 17.2 Å². The van der Waals surface area contributed by atoms with Crippen molar-refractivity contribution in [3.8, 4) is 11.5 Å². The molecule has 1 N–H and O–H groups in total. The molecule has 1 aromatic heterocycles. The van der Waals surface area contributed by atoms with E-state index in [1.807, 2.05) is 25.1 Å². The molecule has 0 spiro atoms. The highest BCUT2D eigenvalue weighted by Gasteiger charge is 2.29. The minimum absolute atomic E-state index is 0.0290. The Hall–Kier alpha value is -2.87. The number of sulfone groups is 1. The fourth-order valence-electron chi connectivity index (χ4n) is 3.07. The van der Waals surface area contributed by atoms with Crippen LogP contribution in [-0.4, -0.2) is 13.4 Å². The molecule has 0 amide bonds. The Morgan fingerprint density at radius 2 is 1.72 bits per heavy atom. The molecule has 1 heterocycles. The number of halogens is 3. The van der Waals surface area contributed by atoms with Gasteiger partial charge in [-0.25, -0.2) is 12.8 Å². The van der Waals surface area contributed by atoms with Crippen LogP contribution in [0.15, 0.2) is 81.1 Å². The Labute approximate surface area is 194 Å². The second kappa shape index (κ2) is 8.94. The van der Waals surface area contributed by atoms with E-state index in [-0.39, 0.29) is 44.1 Å². The lowest BCUT2D eigenvalue weighted by molar-refractivity contribution is 0.576. The smallest absolute Gasteiger partial charge is 0.234 e. The molecular weight excluding hydrogens is 474 g/mol. The predicted molar refractivity (Wildman–Crippen MR) is 122 cm³/mol. The molecule has 0 saturated carbocycles. The van der Waals surface area contributed by atoms with Crippen LogP contribution in [-0.2, 0) is 16.4 Å². The fraction of sp³-hybridized carbons (Fsp3) is 0.0870. The second-order valence-corrected chi connectivity index (χ2v) is 9.71. The van der Waals surface area contributed by atoms with Gasteiger partial charge in [0, 0.05) is 12.1 Å². The SMILES string of the molecule is Cc1ccccc1-c1nc(S(=O)(=O)c2ccc(Cl)c(Cl)c2)c(NCc2ccc(F)cc2)o1. The first-order chi connectivity index (χ1) is 15.3. The highest BCUT2D eigenvalue weighted by Crippen LogP contribution is 2.35. The molecule has 0 aliphatic carbocycles. The minimum Gasteiger partial charge on any atom is -0.419 e. The molecule has 0 unspecified atom stereocenters. The maximum Gasteiger partial charge on any atom is 0.234 e. The number of benzene rings is 3. The highest BCUT2D eigenvalue weighted by molar-refractivity contribution is 7.91. The summed E-state index contributed by atoms with van der Waals surface area (Å²) < 4.78 is 45.8. The molecule has 4 aromatic rings. The van der Waals surface area contributed by atoms with E-state index in [0.717, 1.165) is 11.1 Å². The summed E-state index contributed by atoms with van der Waals surface area (Å²) in [5.74, 6) is -0.236. The zero-order valence-electron chi connectivity index (χ0n) is 16.8. The average molecular weight is 491 g/mol. The van der Waals surface area contributed by atoms with Gasteiger partial charge in [-0.15, -0.1) is 0 Å². The number of aryl methyl sites for hydroxylation is 1. The van der Waals surface area contributed by atoms with Crippen LogP contribution in [0.4, 0.5) is 10.3 Å². The number of nitrogens with zero attached hydrogens (tertiary/aromatic N) is 1. The van der Waals surface area contributed by atoms with Gasteiger partial charge in [-0.3, -0.25) is 0 Å². The van der Waals surface area contributed by atoms with Gasteiger partial charge in [-0.05, 0) is 54.4 Å². The van der Waals surface area contributed by atoms with Crippen molar-refractivity contribution in [2.45, 2.75) is 23.4 Å².